The van der Waals surface area contributed by atoms with E-state index >= 15 is 0 Å². The number of para-hydroxylation sites is 2. The zero-order valence-corrected chi connectivity index (χ0v) is 29.0. The van der Waals surface area contributed by atoms with E-state index in [1.807, 2.05) is 28.7 Å². The lowest BCUT2D eigenvalue weighted by Gasteiger charge is -2.39. The van der Waals surface area contributed by atoms with Crippen LogP contribution in [-0.4, -0.2) is 0 Å². The Morgan fingerprint density at radius 1 is 0.431 bits per heavy atom. The molecule has 0 radical (unpaired) electrons. The molecule has 3 aromatic heterocycles. The van der Waals surface area contributed by atoms with Gasteiger partial charge in [0.1, 0.15) is 11.2 Å². The second-order valence-electron chi connectivity index (χ2n) is 13.3. The quantitative estimate of drug-likeness (QED) is 0.172. The molecule has 1 aliphatic rings. The molecule has 3 unspecified atom stereocenters. The lowest BCUT2D eigenvalue weighted by atomic mass is 10.00. The van der Waals surface area contributed by atoms with Crippen molar-refractivity contribution in [3.63, 3.8) is 0 Å². The third-order valence-electron chi connectivity index (χ3n) is 10.4. The summed E-state index contributed by atoms with van der Waals surface area (Å²) in [6, 6.07) is 54.6. The Kier molecular flexibility index (Phi) is 6.69. The average molecular weight is 694 g/mol. The number of hydrogen-bond acceptors (Lipinski definition) is 6. The van der Waals surface area contributed by atoms with Crippen LogP contribution >= 0.6 is 22.7 Å². The molecule has 7 aromatic carbocycles. The largest absolute Gasteiger partial charge is 0.456 e. The second-order valence-corrected chi connectivity index (χ2v) is 15.5. The maximum absolute atomic E-state index is 6.52. The Morgan fingerprint density at radius 3 is 1.94 bits per heavy atom. The Labute approximate surface area is 302 Å². The number of furan rings is 1. The van der Waals surface area contributed by atoms with Gasteiger partial charge in [-0.25, -0.2) is 0 Å². The van der Waals surface area contributed by atoms with Crippen molar-refractivity contribution in [3.8, 4) is 11.1 Å². The van der Waals surface area contributed by atoms with E-state index < -0.39 is 0 Å². The van der Waals surface area contributed by atoms with Gasteiger partial charge in [0.15, 0.2) is 0 Å². The number of benzene rings is 7. The molecule has 4 nitrogen and oxygen atoms in total. The van der Waals surface area contributed by atoms with E-state index in [2.05, 4.69) is 162 Å². The van der Waals surface area contributed by atoms with Crippen molar-refractivity contribution >= 4 is 85.0 Å². The fourth-order valence-corrected chi connectivity index (χ4v) is 10.6. The lowest BCUT2D eigenvalue weighted by Crippen LogP contribution is -2.54. The summed E-state index contributed by atoms with van der Waals surface area (Å²) in [7, 11) is 0. The number of rotatable bonds is 4. The lowest BCUT2D eigenvalue weighted by molar-refractivity contribution is 0.204. The molecule has 10 aromatic rings. The zero-order valence-electron chi connectivity index (χ0n) is 27.4. The van der Waals surface area contributed by atoms with Crippen LogP contribution in [0.3, 0.4) is 0 Å². The normalized spacial score (nSPS) is 18.2. The molecule has 11 rings (SSSR count). The summed E-state index contributed by atoms with van der Waals surface area (Å²) in [5, 5.41) is 19.3. The van der Waals surface area contributed by atoms with Crippen molar-refractivity contribution in [3.05, 3.63) is 168 Å². The first-order valence-electron chi connectivity index (χ1n) is 17.4. The summed E-state index contributed by atoms with van der Waals surface area (Å²) in [6.45, 7) is 0. The van der Waals surface area contributed by atoms with E-state index in [4.69, 9.17) is 4.42 Å². The molecule has 3 N–H and O–H groups in total. The highest BCUT2D eigenvalue weighted by Gasteiger charge is 2.32. The van der Waals surface area contributed by atoms with E-state index in [-0.39, 0.29) is 18.5 Å². The van der Waals surface area contributed by atoms with E-state index in [9.17, 15) is 0 Å². The van der Waals surface area contributed by atoms with E-state index in [0.717, 1.165) is 27.5 Å². The van der Waals surface area contributed by atoms with E-state index in [1.54, 1.807) is 0 Å². The number of fused-ring (bicyclic) bond motifs is 9. The Bertz CT molecular complexity index is 2940. The van der Waals surface area contributed by atoms with Crippen LogP contribution < -0.4 is 16.0 Å². The maximum Gasteiger partial charge on any atom is 0.141 e. The number of thiophene rings is 2. The minimum absolute atomic E-state index is 0.0832. The van der Waals surface area contributed by atoms with Gasteiger partial charge in [-0.2, -0.15) is 0 Å². The van der Waals surface area contributed by atoms with Crippen molar-refractivity contribution in [2.24, 2.45) is 0 Å². The smallest absolute Gasteiger partial charge is 0.141 e. The van der Waals surface area contributed by atoms with Crippen LogP contribution in [0.2, 0.25) is 0 Å². The summed E-state index contributed by atoms with van der Waals surface area (Å²) in [5.41, 5.74) is 7.90. The van der Waals surface area contributed by atoms with Gasteiger partial charge in [0, 0.05) is 62.2 Å². The first-order chi connectivity index (χ1) is 25.3. The molecule has 1 fully saturated rings. The van der Waals surface area contributed by atoms with Crippen molar-refractivity contribution < 1.29 is 4.42 Å². The van der Waals surface area contributed by atoms with Crippen LogP contribution in [0.15, 0.2) is 156 Å². The van der Waals surface area contributed by atoms with Crippen molar-refractivity contribution in [1.29, 1.82) is 0 Å². The second kappa shape index (κ2) is 11.6. The molecule has 6 heteroatoms. The average Bonchev–Trinajstić information content (AvgIpc) is 3.89. The van der Waals surface area contributed by atoms with Gasteiger partial charge in [-0.3, -0.25) is 16.0 Å². The van der Waals surface area contributed by atoms with Gasteiger partial charge in [0.25, 0.3) is 0 Å². The van der Waals surface area contributed by atoms with Gasteiger partial charge < -0.3 is 4.42 Å². The molecule has 3 atom stereocenters. The minimum Gasteiger partial charge on any atom is -0.456 e. The first kappa shape index (κ1) is 29.4. The highest BCUT2D eigenvalue weighted by atomic mass is 32.1. The van der Waals surface area contributed by atoms with Gasteiger partial charge in [0.2, 0.25) is 0 Å². The standard InChI is InChI=1S/C45H31N3OS2/c1-2-11-26(12-3-1)43-46-44(35-19-9-16-32-29-13-4-6-21-37(29)49-40(32)35)48-45(47-43)36-20-10-18-34-31-24-23-27(25-39(31)51-42(34)36)28-15-8-17-33-30-14-5-7-22-38(30)50-41(28)33/h1-25,43-48H. The van der Waals surface area contributed by atoms with Gasteiger partial charge in [-0.1, -0.05) is 133 Å². The fraction of sp³-hybridized carbons (Fsp3) is 0.0667. The first-order valence-corrected chi connectivity index (χ1v) is 19.0. The molecule has 0 aliphatic carbocycles. The molecule has 0 spiro atoms. The summed E-state index contributed by atoms with van der Waals surface area (Å²) in [4.78, 5) is 0. The highest BCUT2D eigenvalue weighted by molar-refractivity contribution is 7.26. The Morgan fingerprint density at radius 2 is 1.06 bits per heavy atom. The molecule has 0 bridgehead atoms. The topological polar surface area (TPSA) is 49.2 Å². The minimum atomic E-state index is -0.163. The third-order valence-corrected chi connectivity index (χ3v) is 12.9. The maximum atomic E-state index is 6.52. The molecular formula is C45H31N3OS2. The van der Waals surface area contributed by atoms with Crippen LogP contribution in [0.4, 0.5) is 0 Å². The van der Waals surface area contributed by atoms with Crippen LogP contribution in [-0.2, 0) is 0 Å². The van der Waals surface area contributed by atoms with Gasteiger partial charge >= 0.3 is 0 Å². The van der Waals surface area contributed by atoms with Gasteiger partial charge in [-0.15, -0.1) is 22.7 Å². The Balaban J connectivity index is 1.03. The van der Waals surface area contributed by atoms with Gasteiger partial charge in [-0.05, 0) is 34.9 Å². The van der Waals surface area contributed by atoms with Crippen molar-refractivity contribution in [2.75, 3.05) is 0 Å². The highest BCUT2D eigenvalue weighted by Crippen LogP contribution is 2.44. The number of nitrogens with one attached hydrogen (secondary N) is 3. The summed E-state index contributed by atoms with van der Waals surface area (Å²) < 4.78 is 11.8. The fourth-order valence-electron chi connectivity index (χ4n) is 8.03. The molecule has 1 aliphatic heterocycles. The summed E-state index contributed by atoms with van der Waals surface area (Å²) in [6.07, 6.45) is -0.367. The predicted octanol–water partition coefficient (Wildman–Crippen LogP) is 12.2. The molecule has 4 heterocycles. The SMILES string of the molecule is c1ccc(C2NC(c3cccc4c3oc3ccccc34)NC(c3cccc4c3sc3cc(-c5cccc6c5sc5ccccc56)ccc34)N2)cc1. The summed E-state index contributed by atoms with van der Waals surface area (Å²) >= 11 is 3.77. The molecule has 0 saturated carbocycles. The van der Waals surface area contributed by atoms with Crippen LogP contribution in [0.1, 0.15) is 35.2 Å². The van der Waals surface area contributed by atoms with Crippen LogP contribution in [0, 0.1) is 0 Å². The zero-order chi connectivity index (χ0) is 33.5. The van der Waals surface area contributed by atoms with E-state index in [0.29, 0.717) is 0 Å². The number of hydrogen-bond donors (Lipinski definition) is 3. The van der Waals surface area contributed by atoms with Crippen molar-refractivity contribution in [1.82, 2.24) is 16.0 Å². The van der Waals surface area contributed by atoms with Crippen LogP contribution in [0.5, 0.6) is 0 Å². The third kappa shape index (κ3) is 4.69. The van der Waals surface area contributed by atoms with Gasteiger partial charge in [0.05, 0.1) is 18.5 Å². The van der Waals surface area contributed by atoms with E-state index in [1.165, 1.54) is 62.6 Å². The molecule has 51 heavy (non-hydrogen) atoms. The molecule has 244 valence electrons. The molecule has 1 saturated heterocycles. The Hall–Kier alpha value is -5.34. The summed E-state index contributed by atoms with van der Waals surface area (Å²) in [5.74, 6) is 0. The molecular weight excluding hydrogens is 663 g/mol. The predicted molar refractivity (Wildman–Crippen MR) is 215 cm³/mol. The monoisotopic (exact) mass is 693 g/mol. The molecule has 0 amide bonds. The van der Waals surface area contributed by atoms with Crippen LogP contribution in [0.25, 0.3) is 73.4 Å². The van der Waals surface area contributed by atoms with Crippen molar-refractivity contribution in [2.45, 2.75) is 18.5 Å².